The molecule has 0 saturated heterocycles. The smallest absolute Gasteiger partial charge is 0.319 e. The molecule has 0 unspecified atom stereocenters. The van der Waals surface area contributed by atoms with Crippen LogP contribution in [0.3, 0.4) is 0 Å². The van der Waals surface area contributed by atoms with Crippen molar-refractivity contribution in [2.45, 2.75) is 32.7 Å². The molecule has 0 aliphatic rings. The van der Waals surface area contributed by atoms with Crippen LogP contribution in [0.2, 0.25) is 0 Å². The lowest BCUT2D eigenvalue weighted by Gasteiger charge is -2.15. The van der Waals surface area contributed by atoms with Gasteiger partial charge < -0.3 is 15.7 Å². The quantitative estimate of drug-likeness (QED) is 0.686. The zero-order chi connectivity index (χ0) is 12.0. The monoisotopic (exact) mass is 222 g/mol. The Morgan fingerprint density at radius 2 is 1.94 bits per heavy atom. The Balaban J connectivity index is 2.55. The van der Waals surface area contributed by atoms with Crippen LogP contribution >= 0.6 is 0 Å². The number of carbonyl (C=O) groups is 1. The van der Waals surface area contributed by atoms with Gasteiger partial charge in [0.2, 0.25) is 0 Å². The molecular weight excluding hydrogens is 204 g/mol. The first-order valence-corrected chi connectivity index (χ1v) is 5.52. The molecule has 0 spiro atoms. The van der Waals surface area contributed by atoms with Crippen molar-refractivity contribution in [2.75, 3.05) is 5.32 Å². The van der Waals surface area contributed by atoms with E-state index in [2.05, 4.69) is 10.6 Å². The molecule has 0 saturated carbocycles. The molecule has 0 aromatic heterocycles. The van der Waals surface area contributed by atoms with Crippen molar-refractivity contribution in [1.82, 2.24) is 5.32 Å². The molecule has 0 aliphatic carbocycles. The fourth-order valence-electron chi connectivity index (χ4n) is 1.42. The van der Waals surface area contributed by atoms with Crippen molar-refractivity contribution in [3.05, 3.63) is 24.3 Å². The summed E-state index contributed by atoms with van der Waals surface area (Å²) in [6.07, 6.45) is 1.79. The van der Waals surface area contributed by atoms with E-state index >= 15 is 0 Å². The van der Waals surface area contributed by atoms with Crippen molar-refractivity contribution in [3.63, 3.8) is 0 Å². The van der Waals surface area contributed by atoms with E-state index in [1.54, 1.807) is 18.2 Å². The standard InChI is InChI=1S/C12H18N2O2/c1-3-9(4-2)13-12(16)14-10-7-5-6-8-11(10)15/h5-9,15H,3-4H2,1-2H3,(H2,13,14,16). The molecule has 0 heterocycles. The number of hydrogen-bond donors (Lipinski definition) is 3. The molecule has 0 radical (unpaired) electrons. The number of carbonyl (C=O) groups excluding carboxylic acids is 1. The number of phenolic OH excluding ortho intramolecular Hbond substituents is 1. The summed E-state index contributed by atoms with van der Waals surface area (Å²) >= 11 is 0. The number of amides is 2. The average molecular weight is 222 g/mol. The Hall–Kier alpha value is -1.71. The highest BCUT2D eigenvalue weighted by atomic mass is 16.3. The third-order valence-corrected chi connectivity index (χ3v) is 2.47. The summed E-state index contributed by atoms with van der Waals surface area (Å²) in [4.78, 5) is 11.6. The molecule has 1 aromatic carbocycles. The van der Waals surface area contributed by atoms with E-state index < -0.39 is 0 Å². The third kappa shape index (κ3) is 3.46. The number of para-hydroxylation sites is 2. The average Bonchev–Trinajstić information content (AvgIpc) is 2.29. The van der Waals surface area contributed by atoms with Gasteiger partial charge in [0.1, 0.15) is 5.75 Å². The molecule has 88 valence electrons. The summed E-state index contributed by atoms with van der Waals surface area (Å²) in [7, 11) is 0. The zero-order valence-electron chi connectivity index (χ0n) is 9.66. The van der Waals surface area contributed by atoms with Gasteiger partial charge in [-0.25, -0.2) is 4.79 Å². The van der Waals surface area contributed by atoms with Crippen LogP contribution in [0.1, 0.15) is 26.7 Å². The Morgan fingerprint density at radius 3 is 2.50 bits per heavy atom. The van der Waals surface area contributed by atoms with Crippen LogP contribution in [-0.4, -0.2) is 17.2 Å². The second kappa shape index (κ2) is 6.00. The molecule has 1 rings (SSSR count). The highest BCUT2D eigenvalue weighted by molar-refractivity contribution is 5.90. The van der Waals surface area contributed by atoms with Crippen LogP contribution in [0.15, 0.2) is 24.3 Å². The number of benzene rings is 1. The van der Waals surface area contributed by atoms with Crippen molar-refractivity contribution in [1.29, 1.82) is 0 Å². The summed E-state index contributed by atoms with van der Waals surface area (Å²) in [5.74, 6) is 0.0715. The number of hydrogen-bond acceptors (Lipinski definition) is 2. The molecule has 2 amide bonds. The van der Waals surface area contributed by atoms with E-state index in [0.717, 1.165) is 12.8 Å². The van der Waals surface area contributed by atoms with Crippen LogP contribution in [0.4, 0.5) is 10.5 Å². The van der Waals surface area contributed by atoms with Gasteiger partial charge in [0.25, 0.3) is 0 Å². The van der Waals surface area contributed by atoms with Crippen LogP contribution in [-0.2, 0) is 0 Å². The first-order chi connectivity index (χ1) is 7.67. The van der Waals surface area contributed by atoms with Crippen LogP contribution in [0, 0.1) is 0 Å². The predicted molar refractivity (Wildman–Crippen MR) is 64.6 cm³/mol. The van der Waals surface area contributed by atoms with E-state index in [1.807, 2.05) is 13.8 Å². The van der Waals surface area contributed by atoms with Crippen LogP contribution in [0.5, 0.6) is 5.75 Å². The number of rotatable bonds is 4. The van der Waals surface area contributed by atoms with Gasteiger partial charge in [-0.2, -0.15) is 0 Å². The molecule has 4 nitrogen and oxygen atoms in total. The van der Waals surface area contributed by atoms with Crippen LogP contribution < -0.4 is 10.6 Å². The topological polar surface area (TPSA) is 61.4 Å². The number of phenols is 1. The van der Waals surface area contributed by atoms with Gasteiger partial charge >= 0.3 is 6.03 Å². The molecule has 4 heteroatoms. The molecule has 0 aliphatic heterocycles. The first kappa shape index (κ1) is 12.4. The van der Waals surface area contributed by atoms with Gasteiger partial charge in [-0.3, -0.25) is 0 Å². The first-order valence-electron chi connectivity index (χ1n) is 5.52. The van der Waals surface area contributed by atoms with E-state index in [9.17, 15) is 9.90 Å². The predicted octanol–water partition coefficient (Wildman–Crippen LogP) is 2.70. The second-order valence-corrected chi connectivity index (χ2v) is 3.63. The van der Waals surface area contributed by atoms with Gasteiger partial charge in [-0.05, 0) is 25.0 Å². The van der Waals surface area contributed by atoms with Crippen molar-refractivity contribution >= 4 is 11.7 Å². The summed E-state index contributed by atoms with van der Waals surface area (Å²) in [5, 5.41) is 14.9. The lowest BCUT2D eigenvalue weighted by Crippen LogP contribution is -2.37. The largest absolute Gasteiger partial charge is 0.506 e. The molecular formula is C12H18N2O2. The third-order valence-electron chi connectivity index (χ3n) is 2.47. The molecule has 0 bridgehead atoms. The Kier molecular flexibility index (Phi) is 4.64. The lowest BCUT2D eigenvalue weighted by atomic mass is 10.2. The maximum Gasteiger partial charge on any atom is 0.319 e. The number of urea groups is 1. The van der Waals surface area contributed by atoms with Crippen molar-refractivity contribution < 1.29 is 9.90 Å². The van der Waals surface area contributed by atoms with E-state index in [1.165, 1.54) is 6.07 Å². The second-order valence-electron chi connectivity index (χ2n) is 3.63. The SMILES string of the molecule is CCC(CC)NC(=O)Nc1ccccc1O. The molecule has 0 fully saturated rings. The summed E-state index contributed by atoms with van der Waals surface area (Å²) in [6, 6.07) is 6.54. The maximum absolute atomic E-state index is 11.6. The summed E-state index contributed by atoms with van der Waals surface area (Å²) in [5.41, 5.74) is 0.422. The fraction of sp³-hybridized carbons (Fsp3) is 0.417. The summed E-state index contributed by atoms with van der Waals surface area (Å²) < 4.78 is 0. The lowest BCUT2D eigenvalue weighted by molar-refractivity contribution is 0.247. The van der Waals surface area contributed by atoms with Crippen molar-refractivity contribution in [2.24, 2.45) is 0 Å². The van der Waals surface area contributed by atoms with Crippen molar-refractivity contribution in [3.8, 4) is 5.75 Å². The molecule has 0 atom stereocenters. The van der Waals surface area contributed by atoms with Gasteiger partial charge in [0, 0.05) is 6.04 Å². The highest BCUT2D eigenvalue weighted by Crippen LogP contribution is 2.21. The molecule has 16 heavy (non-hydrogen) atoms. The van der Waals surface area contributed by atoms with E-state index in [4.69, 9.17) is 0 Å². The zero-order valence-corrected chi connectivity index (χ0v) is 9.66. The number of aromatic hydroxyl groups is 1. The maximum atomic E-state index is 11.6. The molecule has 1 aromatic rings. The van der Waals surface area contributed by atoms with Gasteiger partial charge in [-0.1, -0.05) is 26.0 Å². The Morgan fingerprint density at radius 1 is 1.31 bits per heavy atom. The van der Waals surface area contributed by atoms with Gasteiger partial charge in [-0.15, -0.1) is 0 Å². The van der Waals surface area contributed by atoms with E-state index in [0.29, 0.717) is 5.69 Å². The number of nitrogens with one attached hydrogen (secondary N) is 2. The number of anilines is 1. The Labute approximate surface area is 95.7 Å². The minimum Gasteiger partial charge on any atom is -0.506 e. The fourth-order valence-corrected chi connectivity index (χ4v) is 1.42. The summed E-state index contributed by atoms with van der Waals surface area (Å²) in [6.45, 7) is 4.04. The minimum atomic E-state index is -0.282. The minimum absolute atomic E-state index is 0.0715. The van der Waals surface area contributed by atoms with Gasteiger partial charge in [0.15, 0.2) is 0 Å². The molecule has 3 N–H and O–H groups in total. The van der Waals surface area contributed by atoms with E-state index in [-0.39, 0.29) is 17.8 Å². The van der Waals surface area contributed by atoms with Gasteiger partial charge in [0.05, 0.1) is 5.69 Å². The normalized spacial score (nSPS) is 10.2. The highest BCUT2D eigenvalue weighted by Gasteiger charge is 2.09. The Bertz CT molecular complexity index is 349. The van der Waals surface area contributed by atoms with Crippen LogP contribution in [0.25, 0.3) is 0 Å².